The summed E-state index contributed by atoms with van der Waals surface area (Å²) < 4.78 is 0. The predicted molar refractivity (Wildman–Crippen MR) is 54.9 cm³/mol. The third-order valence-corrected chi connectivity index (χ3v) is 4.63. The fourth-order valence-electron chi connectivity index (χ4n) is 3.61. The number of carbonyl (C=O) groups excluding carboxylic acids is 1. The Bertz CT molecular complexity index is 261. The first-order valence-corrected chi connectivity index (χ1v) is 5.72. The topological polar surface area (TPSA) is 37.3 Å². The predicted octanol–water partition coefficient (Wildman–Crippen LogP) is 2.30. The highest BCUT2D eigenvalue weighted by Crippen LogP contribution is 2.57. The van der Waals surface area contributed by atoms with E-state index in [0.29, 0.717) is 0 Å². The van der Waals surface area contributed by atoms with Crippen molar-refractivity contribution in [1.29, 1.82) is 0 Å². The maximum atomic E-state index is 11.5. The molecule has 14 heavy (non-hydrogen) atoms. The highest BCUT2D eigenvalue weighted by atomic mass is 16.3. The molecule has 2 aliphatic rings. The lowest BCUT2D eigenvalue weighted by atomic mass is 9.63. The lowest BCUT2D eigenvalue weighted by Crippen LogP contribution is -2.50. The molecule has 0 aromatic carbocycles. The minimum absolute atomic E-state index is 0.0155. The zero-order valence-electron chi connectivity index (χ0n) is 9.18. The third-order valence-electron chi connectivity index (χ3n) is 4.63. The van der Waals surface area contributed by atoms with Gasteiger partial charge in [-0.25, -0.2) is 0 Å². The SMILES string of the molecule is CC(=O)[C@H]1CC[C@]2(C)CCCC[C@]12O. The number of carbonyl (C=O) groups is 1. The van der Waals surface area contributed by atoms with Crippen LogP contribution in [0.3, 0.4) is 0 Å². The molecule has 2 nitrogen and oxygen atoms in total. The van der Waals surface area contributed by atoms with Gasteiger partial charge in [-0.3, -0.25) is 4.79 Å². The number of rotatable bonds is 1. The van der Waals surface area contributed by atoms with Crippen LogP contribution >= 0.6 is 0 Å². The van der Waals surface area contributed by atoms with Gasteiger partial charge in [-0.1, -0.05) is 19.8 Å². The maximum Gasteiger partial charge on any atom is 0.135 e. The van der Waals surface area contributed by atoms with Crippen LogP contribution in [0.25, 0.3) is 0 Å². The Balaban J connectivity index is 2.32. The fourth-order valence-corrected chi connectivity index (χ4v) is 3.61. The summed E-state index contributed by atoms with van der Waals surface area (Å²) in [6.07, 6.45) is 6.12. The van der Waals surface area contributed by atoms with Crippen LogP contribution in [-0.2, 0) is 4.79 Å². The van der Waals surface area contributed by atoms with Crippen molar-refractivity contribution < 1.29 is 9.90 Å². The van der Waals surface area contributed by atoms with Gasteiger partial charge in [-0.15, -0.1) is 0 Å². The largest absolute Gasteiger partial charge is 0.389 e. The minimum Gasteiger partial charge on any atom is -0.389 e. The van der Waals surface area contributed by atoms with Crippen molar-refractivity contribution in [3.05, 3.63) is 0 Å². The minimum atomic E-state index is -0.683. The molecule has 0 bridgehead atoms. The van der Waals surface area contributed by atoms with Crippen LogP contribution in [0.2, 0.25) is 0 Å². The number of Topliss-reactive ketones (excluding diaryl/α,β-unsaturated/α-hetero) is 1. The molecule has 0 radical (unpaired) electrons. The second-order valence-electron chi connectivity index (χ2n) is 5.39. The third kappa shape index (κ3) is 1.16. The van der Waals surface area contributed by atoms with Crippen LogP contribution in [-0.4, -0.2) is 16.5 Å². The first-order chi connectivity index (χ1) is 6.50. The van der Waals surface area contributed by atoms with Gasteiger partial charge in [0.2, 0.25) is 0 Å². The molecular weight excluding hydrogens is 176 g/mol. The Morgan fingerprint density at radius 2 is 1.93 bits per heavy atom. The van der Waals surface area contributed by atoms with Crippen molar-refractivity contribution in [2.75, 3.05) is 0 Å². The van der Waals surface area contributed by atoms with E-state index >= 15 is 0 Å². The summed E-state index contributed by atoms with van der Waals surface area (Å²) in [5, 5.41) is 10.7. The highest BCUT2D eigenvalue weighted by Gasteiger charge is 2.58. The van der Waals surface area contributed by atoms with E-state index in [0.717, 1.165) is 32.1 Å². The Labute approximate surface area is 85.7 Å². The standard InChI is InChI=1S/C12H20O2/c1-9(13)10-5-8-11(2)6-3-4-7-12(10,11)14/h10,14H,3-8H2,1-2H3/t10-,11+,12+/m1/s1. The second kappa shape index (κ2) is 3.06. The molecule has 0 unspecified atom stereocenters. The number of fused-ring (bicyclic) bond motifs is 1. The summed E-state index contributed by atoms with van der Waals surface area (Å²) in [5.41, 5.74) is -0.668. The second-order valence-corrected chi connectivity index (χ2v) is 5.39. The maximum absolute atomic E-state index is 11.5. The first-order valence-electron chi connectivity index (χ1n) is 5.72. The van der Waals surface area contributed by atoms with Crippen LogP contribution in [0.4, 0.5) is 0 Å². The van der Waals surface area contributed by atoms with Crippen LogP contribution in [0.5, 0.6) is 0 Å². The molecule has 2 saturated carbocycles. The van der Waals surface area contributed by atoms with Crippen LogP contribution < -0.4 is 0 Å². The molecule has 0 saturated heterocycles. The molecule has 80 valence electrons. The van der Waals surface area contributed by atoms with Crippen molar-refractivity contribution in [1.82, 2.24) is 0 Å². The van der Waals surface area contributed by atoms with Gasteiger partial charge in [-0.05, 0) is 38.0 Å². The van der Waals surface area contributed by atoms with Gasteiger partial charge in [0.1, 0.15) is 5.78 Å². The van der Waals surface area contributed by atoms with Gasteiger partial charge in [-0.2, -0.15) is 0 Å². The molecule has 0 spiro atoms. The summed E-state index contributed by atoms with van der Waals surface area (Å²) in [6, 6.07) is 0. The molecule has 0 aliphatic heterocycles. The molecule has 2 rings (SSSR count). The van der Waals surface area contributed by atoms with E-state index in [9.17, 15) is 9.90 Å². The summed E-state index contributed by atoms with van der Waals surface area (Å²) in [5.74, 6) is 0.0888. The number of ketones is 1. The molecular formula is C12H20O2. The van der Waals surface area contributed by atoms with E-state index in [1.54, 1.807) is 6.92 Å². The van der Waals surface area contributed by atoms with Gasteiger partial charge in [0.05, 0.1) is 5.60 Å². The van der Waals surface area contributed by atoms with Crippen molar-refractivity contribution in [2.24, 2.45) is 11.3 Å². The Morgan fingerprint density at radius 1 is 1.29 bits per heavy atom. The summed E-state index contributed by atoms with van der Waals surface area (Å²) in [7, 11) is 0. The number of hydrogen-bond donors (Lipinski definition) is 1. The monoisotopic (exact) mass is 196 g/mol. The lowest BCUT2D eigenvalue weighted by Gasteiger charge is -2.46. The average molecular weight is 196 g/mol. The molecule has 0 aromatic rings. The van der Waals surface area contributed by atoms with Gasteiger partial charge < -0.3 is 5.11 Å². The van der Waals surface area contributed by atoms with Crippen molar-refractivity contribution >= 4 is 5.78 Å². The molecule has 0 heterocycles. The highest BCUT2D eigenvalue weighted by molar-refractivity contribution is 5.80. The van der Waals surface area contributed by atoms with Gasteiger partial charge >= 0.3 is 0 Å². The normalized spacial score (nSPS) is 47.5. The van der Waals surface area contributed by atoms with E-state index in [1.165, 1.54) is 6.42 Å². The smallest absolute Gasteiger partial charge is 0.135 e. The molecule has 0 amide bonds. The number of aliphatic hydroxyl groups is 1. The van der Waals surface area contributed by atoms with Crippen LogP contribution in [0.1, 0.15) is 52.4 Å². The lowest BCUT2D eigenvalue weighted by molar-refractivity contribution is -0.142. The Kier molecular flexibility index (Phi) is 2.22. The molecule has 0 aromatic heterocycles. The summed E-state index contributed by atoms with van der Waals surface area (Å²) in [6.45, 7) is 3.79. The van der Waals surface area contributed by atoms with E-state index in [1.807, 2.05) is 0 Å². The molecule has 2 heteroatoms. The van der Waals surface area contributed by atoms with Crippen molar-refractivity contribution in [3.63, 3.8) is 0 Å². The summed E-state index contributed by atoms with van der Waals surface area (Å²) in [4.78, 5) is 11.5. The van der Waals surface area contributed by atoms with Gasteiger partial charge in [0, 0.05) is 5.92 Å². The Morgan fingerprint density at radius 3 is 2.57 bits per heavy atom. The van der Waals surface area contributed by atoms with Crippen LogP contribution in [0, 0.1) is 11.3 Å². The van der Waals surface area contributed by atoms with E-state index in [4.69, 9.17) is 0 Å². The van der Waals surface area contributed by atoms with E-state index < -0.39 is 5.60 Å². The van der Waals surface area contributed by atoms with Gasteiger partial charge in [0.15, 0.2) is 0 Å². The van der Waals surface area contributed by atoms with E-state index in [2.05, 4.69) is 6.92 Å². The Hall–Kier alpha value is -0.370. The average Bonchev–Trinajstić information content (AvgIpc) is 2.37. The molecule has 1 N–H and O–H groups in total. The van der Waals surface area contributed by atoms with E-state index in [-0.39, 0.29) is 17.1 Å². The molecule has 2 aliphatic carbocycles. The van der Waals surface area contributed by atoms with Crippen LogP contribution in [0.15, 0.2) is 0 Å². The number of hydrogen-bond acceptors (Lipinski definition) is 2. The van der Waals surface area contributed by atoms with Crippen molar-refractivity contribution in [3.8, 4) is 0 Å². The zero-order chi connectivity index (χ0) is 10.4. The zero-order valence-corrected chi connectivity index (χ0v) is 9.18. The quantitative estimate of drug-likeness (QED) is 0.698. The fraction of sp³-hybridized carbons (Fsp3) is 0.917. The summed E-state index contributed by atoms with van der Waals surface area (Å²) >= 11 is 0. The van der Waals surface area contributed by atoms with Gasteiger partial charge in [0.25, 0.3) is 0 Å². The molecule has 2 fully saturated rings. The first kappa shape index (κ1) is 10.2. The van der Waals surface area contributed by atoms with Crippen molar-refractivity contribution in [2.45, 2.75) is 58.0 Å². The molecule has 3 atom stereocenters.